The lowest BCUT2D eigenvalue weighted by Gasteiger charge is -2.22. The Labute approximate surface area is 146 Å². The smallest absolute Gasteiger partial charge is 0.0789 e. The van der Waals surface area contributed by atoms with Gasteiger partial charge in [-0.25, -0.2) is 0 Å². The number of halogens is 1. The average Bonchev–Trinajstić information content (AvgIpc) is 2.97. The Morgan fingerprint density at radius 2 is 1.75 bits per heavy atom. The highest BCUT2D eigenvalue weighted by Crippen LogP contribution is 2.48. The molecule has 0 saturated carbocycles. The van der Waals surface area contributed by atoms with Gasteiger partial charge >= 0.3 is 0 Å². The van der Waals surface area contributed by atoms with Crippen LogP contribution in [-0.4, -0.2) is 6.54 Å². The highest BCUT2D eigenvalue weighted by molar-refractivity contribution is 6.31. The van der Waals surface area contributed by atoms with Crippen LogP contribution in [0.25, 0.3) is 0 Å². The Kier molecular flexibility index (Phi) is 3.07. The fourth-order valence-corrected chi connectivity index (χ4v) is 4.23. The molecule has 0 bridgehead atoms. The van der Waals surface area contributed by atoms with Gasteiger partial charge < -0.3 is 10.2 Å². The Bertz CT molecular complexity index is 920. The molecule has 3 heteroatoms. The Hall–Kier alpha value is -2.45. The molecule has 118 valence electrons. The highest BCUT2D eigenvalue weighted by Gasteiger charge is 2.32. The van der Waals surface area contributed by atoms with Crippen LogP contribution >= 0.6 is 11.6 Å². The fraction of sp³-hybridized carbons (Fsp3) is 0.143. The minimum absolute atomic E-state index is 0.0999. The number of para-hydroxylation sites is 2. The lowest BCUT2D eigenvalue weighted by Crippen LogP contribution is -2.13. The number of nitrogens with one attached hydrogen (secondary N) is 1. The molecule has 0 amide bonds. The largest absolute Gasteiger partial charge is 0.372 e. The standard InChI is InChI=1S/C21H17ClN2/c22-16-12-15-10-11-24-19-9-5-4-8-18(19)23-20(17(13-16)21(15)24)14-6-2-1-3-7-14/h1-9,12-13,20,23H,10-11H2. The van der Waals surface area contributed by atoms with Crippen LogP contribution in [0.3, 0.4) is 0 Å². The van der Waals surface area contributed by atoms with Crippen molar-refractivity contribution in [2.75, 3.05) is 16.8 Å². The van der Waals surface area contributed by atoms with Crippen molar-refractivity contribution >= 4 is 28.7 Å². The number of benzene rings is 3. The first-order valence-electron chi connectivity index (χ1n) is 8.31. The molecule has 2 nitrogen and oxygen atoms in total. The lowest BCUT2D eigenvalue weighted by molar-refractivity contribution is 0.947. The van der Waals surface area contributed by atoms with Crippen molar-refractivity contribution in [2.24, 2.45) is 0 Å². The maximum absolute atomic E-state index is 6.45. The maximum atomic E-state index is 6.45. The van der Waals surface area contributed by atoms with E-state index in [4.69, 9.17) is 11.6 Å². The van der Waals surface area contributed by atoms with Crippen LogP contribution in [0.1, 0.15) is 22.7 Å². The van der Waals surface area contributed by atoms with Crippen LogP contribution in [0.4, 0.5) is 17.1 Å². The van der Waals surface area contributed by atoms with E-state index >= 15 is 0 Å². The minimum Gasteiger partial charge on any atom is -0.372 e. The van der Waals surface area contributed by atoms with Crippen molar-refractivity contribution in [1.82, 2.24) is 0 Å². The summed E-state index contributed by atoms with van der Waals surface area (Å²) in [5.74, 6) is 0. The molecule has 0 aromatic heterocycles. The normalized spacial score (nSPS) is 17.7. The molecule has 1 atom stereocenters. The van der Waals surface area contributed by atoms with Gasteiger partial charge in [0, 0.05) is 17.1 Å². The molecule has 0 radical (unpaired) electrons. The summed E-state index contributed by atoms with van der Waals surface area (Å²) in [7, 11) is 0. The maximum Gasteiger partial charge on any atom is 0.0789 e. The minimum atomic E-state index is 0.0999. The Balaban J connectivity index is 1.80. The third-order valence-corrected chi connectivity index (χ3v) is 5.21. The Morgan fingerprint density at radius 1 is 0.958 bits per heavy atom. The first kappa shape index (κ1) is 13.9. The molecule has 0 fully saturated rings. The molecular weight excluding hydrogens is 316 g/mol. The van der Waals surface area contributed by atoms with Crippen molar-refractivity contribution in [3.8, 4) is 0 Å². The van der Waals surface area contributed by atoms with E-state index < -0.39 is 0 Å². The summed E-state index contributed by atoms with van der Waals surface area (Å²) >= 11 is 6.45. The van der Waals surface area contributed by atoms with Crippen LogP contribution in [0, 0.1) is 0 Å². The summed E-state index contributed by atoms with van der Waals surface area (Å²) in [6, 6.07) is 23.5. The second-order valence-electron chi connectivity index (χ2n) is 6.41. The van der Waals surface area contributed by atoms with E-state index in [1.807, 2.05) is 0 Å². The highest BCUT2D eigenvalue weighted by atomic mass is 35.5. The first-order chi connectivity index (χ1) is 11.8. The molecule has 2 aliphatic heterocycles. The number of fused-ring (bicyclic) bond motifs is 2. The van der Waals surface area contributed by atoms with Gasteiger partial charge in [0.1, 0.15) is 0 Å². The lowest BCUT2D eigenvalue weighted by atomic mass is 9.95. The van der Waals surface area contributed by atoms with E-state index in [2.05, 4.69) is 76.9 Å². The summed E-state index contributed by atoms with van der Waals surface area (Å²) < 4.78 is 0. The van der Waals surface area contributed by atoms with Gasteiger partial charge in [-0.3, -0.25) is 0 Å². The molecular formula is C21H17ClN2. The third kappa shape index (κ3) is 2.03. The molecule has 3 aromatic rings. The van der Waals surface area contributed by atoms with Crippen molar-refractivity contribution in [3.63, 3.8) is 0 Å². The van der Waals surface area contributed by atoms with Crippen molar-refractivity contribution in [2.45, 2.75) is 12.5 Å². The second kappa shape index (κ2) is 5.29. The molecule has 24 heavy (non-hydrogen) atoms. The monoisotopic (exact) mass is 332 g/mol. The van der Waals surface area contributed by atoms with Gasteiger partial charge in [0.2, 0.25) is 0 Å². The van der Waals surface area contributed by atoms with Crippen LogP contribution in [0.15, 0.2) is 66.7 Å². The van der Waals surface area contributed by atoms with Gasteiger partial charge in [-0.05, 0) is 41.8 Å². The molecule has 5 rings (SSSR count). The van der Waals surface area contributed by atoms with Gasteiger partial charge in [0.15, 0.2) is 0 Å². The van der Waals surface area contributed by atoms with Crippen molar-refractivity contribution in [1.29, 1.82) is 0 Å². The van der Waals surface area contributed by atoms with Crippen LogP contribution in [0.2, 0.25) is 5.02 Å². The zero-order valence-electron chi connectivity index (χ0n) is 13.2. The molecule has 0 spiro atoms. The summed E-state index contributed by atoms with van der Waals surface area (Å²) in [4.78, 5) is 2.44. The van der Waals surface area contributed by atoms with E-state index in [-0.39, 0.29) is 6.04 Å². The van der Waals surface area contributed by atoms with E-state index in [0.717, 1.165) is 18.0 Å². The zero-order chi connectivity index (χ0) is 16.1. The molecule has 0 saturated heterocycles. The quantitative estimate of drug-likeness (QED) is 0.628. The third-order valence-electron chi connectivity index (χ3n) is 5.00. The van der Waals surface area contributed by atoms with Crippen molar-refractivity contribution < 1.29 is 0 Å². The van der Waals surface area contributed by atoms with Crippen LogP contribution in [-0.2, 0) is 6.42 Å². The van der Waals surface area contributed by atoms with Gasteiger partial charge in [-0.1, -0.05) is 54.1 Å². The topological polar surface area (TPSA) is 15.3 Å². The summed E-state index contributed by atoms with van der Waals surface area (Å²) in [5, 5.41) is 4.57. The number of anilines is 3. The van der Waals surface area contributed by atoms with E-state index in [9.17, 15) is 0 Å². The van der Waals surface area contributed by atoms with E-state index in [1.165, 1.54) is 33.8 Å². The summed E-state index contributed by atoms with van der Waals surface area (Å²) in [6.45, 7) is 1.00. The average molecular weight is 333 g/mol. The number of nitrogens with zero attached hydrogens (tertiary/aromatic N) is 1. The van der Waals surface area contributed by atoms with Crippen LogP contribution in [0.5, 0.6) is 0 Å². The molecule has 1 N–H and O–H groups in total. The predicted octanol–water partition coefficient (Wildman–Crippen LogP) is 5.55. The number of hydrogen-bond donors (Lipinski definition) is 1. The molecule has 2 aliphatic rings. The Morgan fingerprint density at radius 3 is 2.62 bits per heavy atom. The van der Waals surface area contributed by atoms with E-state index in [1.54, 1.807) is 0 Å². The van der Waals surface area contributed by atoms with Gasteiger partial charge in [0.05, 0.1) is 23.1 Å². The zero-order valence-corrected chi connectivity index (χ0v) is 13.9. The molecule has 0 aliphatic carbocycles. The number of hydrogen-bond acceptors (Lipinski definition) is 2. The van der Waals surface area contributed by atoms with Crippen LogP contribution < -0.4 is 10.2 Å². The van der Waals surface area contributed by atoms with Gasteiger partial charge in [-0.2, -0.15) is 0 Å². The first-order valence-corrected chi connectivity index (χ1v) is 8.69. The van der Waals surface area contributed by atoms with E-state index in [0.29, 0.717) is 0 Å². The molecule has 2 heterocycles. The summed E-state index contributed by atoms with van der Waals surface area (Å²) in [5.41, 5.74) is 7.61. The molecule has 1 unspecified atom stereocenters. The predicted molar refractivity (Wildman–Crippen MR) is 101 cm³/mol. The van der Waals surface area contributed by atoms with Gasteiger partial charge in [0.25, 0.3) is 0 Å². The van der Waals surface area contributed by atoms with Gasteiger partial charge in [-0.15, -0.1) is 0 Å². The summed E-state index contributed by atoms with van der Waals surface area (Å²) in [6.07, 6.45) is 1.04. The molecule has 3 aromatic carbocycles. The second-order valence-corrected chi connectivity index (χ2v) is 6.85. The fourth-order valence-electron chi connectivity index (χ4n) is 3.98. The van der Waals surface area contributed by atoms with Crippen molar-refractivity contribution in [3.05, 3.63) is 88.4 Å². The number of rotatable bonds is 1. The SMILES string of the molecule is Clc1cc2c3c(c1)C(c1ccccc1)Nc1ccccc1N3CC2.